The van der Waals surface area contributed by atoms with E-state index in [-0.39, 0.29) is 6.54 Å². The van der Waals surface area contributed by atoms with Gasteiger partial charge >= 0.3 is 0 Å². The molecular weight excluding hydrogens is 216 g/mol. The third-order valence-electron chi connectivity index (χ3n) is 1.87. The van der Waals surface area contributed by atoms with Crippen molar-refractivity contribution in [1.82, 2.24) is 4.72 Å². The van der Waals surface area contributed by atoms with Crippen molar-refractivity contribution in [2.75, 3.05) is 12.8 Å². The van der Waals surface area contributed by atoms with Gasteiger partial charge in [-0.05, 0) is 5.56 Å². The van der Waals surface area contributed by atoms with Gasteiger partial charge in [-0.25, -0.2) is 19.0 Å². The minimum atomic E-state index is -3.22. The molecule has 15 heavy (non-hydrogen) atoms. The highest BCUT2D eigenvalue weighted by Crippen LogP contribution is 2.13. The second kappa shape index (κ2) is 5.22. The fourth-order valence-corrected chi connectivity index (χ4v) is 1.59. The van der Waals surface area contributed by atoms with Crippen LogP contribution in [-0.2, 0) is 14.9 Å². The highest BCUT2D eigenvalue weighted by molar-refractivity contribution is 7.88. The van der Waals surface area contributed by atoms with Crippen LogP contribution in [0.1, 0.15) is 11.7 Å². The Balaban J connectivity index is 2.66. The summed E-state index contributed by atoms with van der Waals surface area (Å²) in [6.07, 6.45) is 0.617. The van der Waals surface area contributed by atoms with Crippen LogP contribution in [0.3, 0.4) is 0 Å². The molecule has 0 aliphatic heterocycles. The van der Waals surface area contributed by atoms with Crippen molar-refractivity contribution in [2.24, 2.45) is 5.90 Å². The maximum atomic E-state index is 10.9. The minimum absolute atomic E-state index is 0.124. The average Bonchev–Trinajstić information content (AvgIpc) is 2.19. The normalized spacial score (nSPS) is 13.7. The summed E-state index contributed by atoms with van der Waals surface area (Å²) in [4.78, 5) is 4.70. The first-order chi connectivity index (χ1) is 7.03. The summed E-state index contributed by atoms with van der Waals surface area (Å²) < 4.78 is 24.1. The average molecular weight is 230 g/mol. The standard InChI is InChI=1S/C9H14N2O3S/c1-15(12,13)11-7-9(14-10)8-5-3-2-4-6-8/h2-6,9,11H,7,10H2,1H3. The molecule has 0 saturated carbocycles. The second-order valence-electron chi connectivity index (χ2n) is 3.16. The van der Waals surface area contributed by atoms with Crippen LogP contribution in [-0.4, -0.2) is 21.2 Å². The first-order valence-electron chi connectivity index (χ1n) is 4.38. The predicted molar refractivity (Wildman–Crippen MR) is 57.3 cm³/mol. The molecule has 0 amide bonds. The molecule has 6 heteroatoms. The van der Waals surface area contributed by atoms with Crippen LogP contribution in [0.2, 0.25) is 0 Å². The van der Waals surface area contributed by atoms with Crippen LogP contribution < -0.4 is 10.6 Å². The Morgan fingerprint density at radius 2 is 2.00 bits per heavy atom. The lowest BCUT2D eigenvalue weighted by Gasteiger charge is -2.14. The molecule has 0 spiro atoms. The van der Waals surface area contributed by atoms with E-state index in [1.54, 1.807) is 0 Å². The highest BCUT2D eigenvalue weighted by Gasteiger charge is 2.12. The molecule has 1 atom stereocenters. The summed E-state index contributed by atoms with van der Waals surface area (Å²) in [6, 6.07) is 9.17. The summed E-state index contributed by atoms with van der Waals surface area (Å²) >= 11 is 0. The maximum Gasteiger partial charge on any atom is 0.208 e. The number of sulfonamides is 1. The van der Waals surface area contributed by atoms with E-state index in [1.165, 1.54) is 0 Å². The smallest absolute Gasteiger partial charge is 0.208 e. The van der Waals surface area contributed by atoms with Crippen LogP contribution in [0.4, 0.5) is 0 Å². The monoisotopic (exact) mass is 230 g/mol. The number of hydrogen-bond acceptors (Lipinski definition) is 4. The molecular formula is C9H14N2O3S. The van der Waals surface area contributed by atoms with Gasteiger partial charge < -0.3 is 0 Å². The van der Waals surface area contributed by atoms with Gasteiger partial charge in [-0.15, -0.1) is 0 Å². The molecule has 0 radical (unpaired) electrons. The predicted octanol–water partition coefficient (Wildman–Crippen LogP) is 0.167. The van der Waals surface area contributed by atoms with Gasteiger partial charge in [0.2, 0.25) is 10.0 Å². The molecule has 3 N–H and O–H groups in total. The van der Waals surface area contributed by atoms with E-state index >= 15 is 0 Å². The summed E-state index contributed by atoms with van der Waals surface area (Å²) in [5.41, 5.74) is 0.830. The van der Waals surface area contributed by atoms with Gasteiger partial charge in [0, 0.05) is 6.54 Å². The molecule has 1 rings (SSSR count). The number of benzene rings is 1. The van der Waals surface area contributed by atoms with E-state index in [9.17, 15) is 8.42 Å². The number of nitrogens with two attached hydrogens (primary N) is 1. The van der Waals surface area contributed by atoms with E-state index in [0.29, 0.717) is 0 Å². The van der Waals surface area contributed by atoms with Crippen LogP contribution in [0.5, 0.6) is 0 Å². The van der Waals surface area contributed by atoms with E-state index in [2.05, 4.69) is 4.72 Å². The molecule has 0 heterocycles. The number of hydrogen-bond donors (Lipinski definition) is 2. The molecule has 0 aliphatic rings. The van der Waals surface area contributed by atoms with Crippen molar-refractivity contribution < 1.29 is 13.3 Å². The van der Waals surface area contributed by atoms with Gasteiger partial charge in [0.15, 0.2) is 0 Å². The van der Waals surface area contributed by atoms with Crippen molar-refractivity contribution in [2.45, 2.75) is 6.10 Å². The second-order valence-corrected chi connectivity index (χ2v) is 4.99. The lowest BCUT2D eigenvalue weighted by molar-refractivity contribution is 0.0564. The van der Waals surface area contributed by atoms with Gasteiger partial charge in [0.1, 0.15) is 6.10 Å². The zero-order valence-corrected chi connectivity index (χ0v) is 9.20. The third kappa shape index (κ3) is 4.39. The molecule has 0 aromatic heterocycles. The van der Waals surface area contributed by atoms with E-state index < -0.39 is 16.1 Å². The Morgan fingerprint density at radius 3 is 2.47 bits per heavy atom. The van der Waals surface area contributed by atoms with Crippen molar-refractivity contribution >= 4 is 10.0 Å². The Morgan fingerprint density at radius 1 is 1.40 bits per heavy atom. The highest BCUT2D eigenvalue weighted by atomic mass is 32.2. The lowest BCUT2D eigenvalue weighted by Crippen LogP contribution is -2.29. The summed E-state index contributed by atoms with van der Waals surface area (Å²) in [6.45, 7) is 0.124. The molecule has 0 aliphatic carbocycles. The first kappa shape index (κ1) is 12.1. The molecule has 1 aromatic rings. The van der Waals surface area contributed by atoms with Gasteiger partial charge in [0.05, 0.1) is 6.26 Å². The molecule has 5 nitrogen and oxygen atoms in total. The zero-order chi connectivity index (χ0) is 11.3. The fraction of sp³-hybridized carbons (Fsp3) is 0.333. The Hall–Kier alpha value is -0.950. The summed E-state index contributed by atoms with van der Waals surface area (Å²) in [5.74, 6) is 5.10. The number of nitrogens with one attached hydrogen (secondary N) is 1. The molecule has 84 valence electrons. The fourth-order valence-electron chi connectivity index (χ4n) is 1.14. The maximum absolute atomic E-state index is 10.9. The largest absolute Gasteiger partial charge is 0.295 e. The molecule has 1 unspecified atom stereocenters. The van der Waals surface area contributed by atoms with E-state index in [0.717, 1.165) is 11.8 Å². The zero-order valence-electron chi connectivity index (χ0n) is 8.38. The van der Waals surface area contributed by atoms with Crippen molar-refractivity contribution in [3.8, 4) is 0 Å². The van der Waals surface area contributed by atoms with E-state index in [1.807, 2.05) is 30.3 Å². The Bertz CT molecular complexity index is 391. The molecule has 0 bridgehead atoms. The SMILES string of the molecule is CS(=O)(=O)NCC(ON)c1ccccc1. The molecule has 0 fully saturated rings. The lowest BCUT2D eigenvalue weighted by atomic mass is 10.1. The van der Waals surface area contributed by atoms with Gasteiger partial charge in [-0.3, -0.25) is 4.84 Å². The molecule has 1 aromatic carbocycles. The first-order valence-corrected chi connectivity index (χ1v) is 6.27. The van der Waals surface area contributed by atoms with Crippen LogP contribution >= 0.6 is 0 Å². The molecule has 0 saturated heterocycles. The van der Waals surface area contributed by atoms with Gasteiger partial charge in [-0.1, -0.05) is 30.3 Å². The summed E-state index contributed by atoms with van der Waals surface area (Å²) in [5, 5.41) is 0. The van der Waals surface area contributed by atoms with Crippen LogP contribution in [0, 0.1) is 0 Å². The summed E-state index contributed by atoms with van der Waals surface area (Å²) in [7, 11) is -3.22. The van der Waals surface area contributed by atoms with Gasteiger partial charge in [0.25, 0.3) is 0 Å². The third-order valence-corrected chi connectivity index (χ3v) is 2.56. The van der Waals surface area contributed by atoms with Crippen LogP contribution in [0.25, 0.3) is 0 Å². The van der Waals surface area contributed by atoms with E-state index in [4.69, 9.17) is 10.7 Å². The Kier molecular flexibility index (Phi) is 4.22. The minimum Gasteiger partial charge on any atom is -0.295 e. The van der Waals surface area contributed by atoms with Crippen molar-refractivity contribution in [3.05, 3.63) is 35.9 Å². The van der Waals surface area contributed by atoms with Crippen molar-refractivity contribution in [3.63, 3.8) is 0 Å². The number of rotatable bonds is 5. The quantitative estimate of drug-likeness (QED) is 0.706. The topological polar surface area (TPSA) is 81.4 Å². The van der Waals surface area contributed by atoms with Crippen molar-refractivity contribution in [1.29, 1.82) is 0 Å². The van der Waals surface area contributed by atoms with Crippen LogP contribution in [0.15, 0.2) is 30.3 Å². The van der Waals surface area contributed by atoms with Gasteiger partial charge in [-0.2, -0.15) is 0 Å². The Labute approximate surface area is 89.2 Å².